The molecule has 102 valence electrons. The van der Waals surface area contributed by atoms with Crippen LogP contribution in [0, 0.1) is 17.7 Å². The fraction of sp³-hybridized carbons (Fsp3) is 0.533. The largest absolute Gasteiger partial charge is 0.323 e. The van der Waals surface area contributed by atoms with Gasteiger partial charge in [-0.1, -0.05) is 13.0 Å². The summed E-state index contributed by atoms with van der Waals surface area (Å²) in [6, 6.07) is 3.58. The highest BCUT2D eigenvalue weighted by atomic mass is 19.1. The van der Waals surface area contributed by atoms with Crippen molar-refractivity contribution in [3.05, 3.63) is 29.1 Å². The summed E-state index contributed by atoms with van der Waals surface area (Å²) in [6.07, 6.45) is 2.92. The van der Waals surface area contributed by atoms with Crippen LogP contribution in [0.4, 0.5) is 10.1 Å². The van der Waals surface area contributed by atoms with Gasteiger partial charge in [0.25, 0.3) is 0 Å². The van der Waals surface area contributed by atoms with Crippen LogP contribution in [-0.2, 0) is 17.8 Å². The van der Waals surface area contributed by atoms with Crippen molar-refractivity contribution in [2.24, 2.45) is 11.8 Å². The molecule has 0 spiro atoms. The predicted molar refractivity (Wildman–Crippen MR) is 72.3 cm³/mol. The Bertz CT molecular complexity index is 511. The van der Waals surface area contributed by atoms with Crippen molar-refractivity contribution in [3.63, 3.8) is 0 Å². The lowest BCUT2D eigenvalue weighted by atomic mass is 9.99. The first-order valence-corrected chi connectivity index (χ1v) is 6.98. The monoisotopic (exact) mass is 262 g/mol. The van der Waals surface area contributed by atoms with Crippen LogP contribution < -0.4 is 10.6 Å². The van der Waals surface area contributed by atoms with Gasteiger partial charge in [0.15, 0.2) is 0 Å². The molecule has 2 N–H and O–H groups in total. The van der Waals surface area contributed by atoms with Crippen molar-refractivity contribution in [3.8, 4) is 0 Å². The van der Waals surface area contributed by atoms with Gasteiger partial charge in [0.05, 0.1) is 5.69 Å². The van der Waals surface area contributed by atoms with E-state index in [9.17, 15) is 9.18 Å². The number of carbonyl (C=O) groups is 1. The molecule has 1 amide bonds. The van der Waals surface area contributed by atoms with E-state index < -0.39 is 0 Å². The van der Waals surface area contributed by atoms with E-state index in [0.29, 0.717) is 24.6 Å². The number of carbonyl (C=O) groups excluding carboxylic acids is 1. The van der Waals surface area contributed by atoms with Crippen LogP contribution in [-0.4, -0.2) is 12.5 Å². The van der Waals surface area contributed by atoms with Crippen LogP contribution in [0.3, 0.4) is 0 Å². The molecule has 1 heterocycles. The summed E-state index contributed by atoms with van der Waals surface area (Å²) in [7, 11) is 0. The minimum atomic E-state index is -0.254. The molecule has 19 heavy (non-hydrogen) atoms. The second-order valence-electron chi connectivity index (χ2n) is 5.61. The average molecular weight is 262 g/mol. The Morgan fingerprint density at radius 2 is 2.26 bits per heavy atom. The van der Waals surface area contributed by atoms with Crippen LogP contribution >= 0.6 is 0 Å². The second-order valence-corrected chi connectivity index (χ2v) is 5.61. The molecule has 0 radical (unpaired) electrons. The lowest BCUT2D eigenvalue weighted by Gasteiger charge is -2.20. The van der Waals surface area contributed by atoms with Crippen molar-refractivity contribution in [2.75, 3.05) is 11.9 Å². The Morgan fingerprint density at radius 3 is 3.00 bits per heavy atom. The molecule has 0 aromatic heterocycles. The van der Waals surface area contributed by atoms with Gasteiger partial charge in [-0.15, -0.1) is 0 Å². The third kappa shape index (κ3) is 2.50. The Kier molecular flexibility index (Phi) is 3.27. The second kappa shape index (κ2) is 4.93. The molecule has 0 bridgehead atoms. The minimum Gasteiger partial charge on any atom is -0.323 e. The predicted octanol–water partition coefficient (Wildman–Crippen LogP) is 2.46. The first-order chi connectivity index (χ1) is 9.16. The van der Waals surface area contributed by atoms with Gasteiger partial charge in [0.2, 0.25) is 5.91 Å². The molecule has 1 aromatic carbocycles. The Balaban J connectivity index is 1.79. The lowest BCUT2D eigenvalue weighted by molar-refractivity contribution is -0.119. The maximum Gasteiger partial charge on any atom is 0.227 e. The van der Waals surface area contributed by atoms with E-state index in [1.807, 2.05) is 13.0 Å². The SMILES string of the molecule is CC(C(=O)Nc1ccc2c(c1F)CCNC2)C1CC1. The first-order valence-electron chi connectivity index (χ1n) is 6.98. The summed E-state index contributed by atoms with van der Waals surface area (Å²) in [5.74, 6) is 0.160. The van der Waals surface area contributed by atoms with Gasteiger partial charge in [0, 0.05) is 12.5 Å². The Hall–Kier alpha value is -1.42. The van der Waals surface area contributed by atoms with Crippen LogP contribution in [0.2, 0.25) is 0 Å². The van der Waals surface area contributed by atoms with E-state index in [2.05, 4.69) is 10.6 Å². The topological polar surface area (TPSA) is 41.1 Å². The van der Waals surface area contributed by atoms with E-state index >= 15 is 0 Å². The van der Waals surface area contributed by atoms with Gasteiger partial charge in [-0.05, 0) is 48.9 Å². The highest BCUT2D eigenvalue weighted by molar-refractivity contribution is 5.93. The number of hydrogen-bond acceptors (Lipinski definition) is 2. The van der Waals surface area contributed by atoms with E-state index in [1.165, 1.54) is 0 Å². The summed E-state index contributed by atoms with van der Waals surface area (Å²) < 4.78 is 14.4. The number of halogens is 1. The maximum absolute atomic E-state index is 14.4. The molecule has 1 aliphatic heterocycles. The number of benzene rings is 1. The molecule has 1 atom stereocenters. The molecule has 1 fully saturated rings. The summed E-state index contributed by atoms with van der Waals surface area (Å²) in [5, 5.41) is 5.96. The van der Waals surface area contributed by atoms with Gasteiger partial charge in [-0.3, -0.25) is 4.79 Å². The average Bonchev–Trinajstić information content (AvgIpc) is 3.26. The lowest BCUT2D eigenvalue weighted by Crippen LogP contribution is -2.26. The molecule has 0 saturated heterocycles. The van der Waals surface area contributed by atoms with E-state index in [-0.39, 0.29) is 17.6 Å². The van der Waals surface area contributed by atoms with Crippen molar-refractivity contribution in [1.29, 1.82) is 0 Å². The van der Waals surface area contributed by atoms with Crippen LogP contribution in [0.5, 0.6) is 0 Å². The molecular formula is C15H19FN2O. The standard InChI is InChI=1S/C15H19FN2O/c1-9(10-2-3-10)15(19)18-13-5-4-11-8-17-7-6-12(11)14(13)16/h4-5,9-10,17H,2-3,6-8H2,1H3,(H,18,19). The Labute approximate surface area is 112 Å². The maximum atomic E-state index is 14.4. The van der Waals surface area contributed by atoms with Crippen molar-refractivity contribution in [2.45, 2.75) is 32.7 Å². The molecule has 3 nitrogen and oxygen atoms in total. The van der Waals surface area contributed by atoms with E-state index in [0.717, 1.165) is 30.5 Å². The van der Waals surface area contributed by atoms with Gasteiger partial charge in [0.1, 0.15) is 5.82 Å². The van der Waals surface area contributed by atoms with Gasteiger partial charge in [-0.2, -0.15) is 0 Å². The van der Waals surface area contributed by atoms with Crippen molar-refractivity contribution >= 4 is 11.6 Å². The zero-order chi connectivity index (χ0) is 13.4. The van der Waals surface area contributed by atoms with Gasteiger partial charge in [-0.25, -0.2) is 4.39 Å². The molecule has 2 aliphatic rings. The molecule has 4 heteroatoms. The van der Waals surface area contributed by atoms with Crippen molar-refractivity contribution < 1.29 is 9.18 Å². The van der Waals surface area contributed by atoms with Gasteiger partial charge < -0.3 is 10.6 Å². The number of hydrogen-bond donors (Lipinski definition) is 2. The van der Waals surface area contributed by atoms with Gasteiger partial charge >= 0.3 is 0 Å². The number of nitrogens with one attached hydrogen (secondary N) is 2. The van der Waals surface area contributed by atoms with Crippen molar-refractivity contribution in [1.82, 2.24) is 5.32 Å². The minimum absolute atomic E-state index is 0.0166. The summed E-state index contributed by atoms with van der Waals surface area (Å²) in [6.45, 7) is 3.42. The van der Waals surface area contributed by atoms with Crippen LogP contribution in [0.25, 0.3) is 0 Å². The number of fused-ring (bicyclic) bond motifs is 1. The smallest absolute Gasteiger partial charge is 0.227 e. The van der Waals surface area contributed by atoms with E-state index in [4.69, 9.17) is 0 Å². The fourth-order valence-corrected chi connectivity index (χ4v) is 2.69. The highest BCUT2D eigenvalue weighted by Crippen LogP contribution is 2.37. The van der Waals surface area contributed by atoms with Crippen LogP contribution in [0.15, 0.2) is 12.1 Å². The highest BCUT2D eigenvalue weighted by Gasteiger charge is 2.33. The van der Waals surface area contributed by atoms with E-state index in [1.54, 1.807) is 6.07 Å². The first kappa shape index (κ1) is 12.6. The number of rotatable bonds is 3. The third-order valence-corrected chi connectivity index (χ3v) is 4.21. The molecule has 1 aliphatic carbocycles. The zero-order valence-corrected chi connectivity index (χ0v) is 11.1. The summed E-state index contributed by atoms with van der Waals surface area (Å²) >= 11 is 0. The number of anilines is 1. The normalized spacial score (nSPS) is 19.7. The zero-order valence-electron chi connectivity index (χ0n) is 11.1. The molecule has 1 aromatic rings. The number of amides is 1. The fourth-order valence-electron chi connectivity index (χ4n) is 2.69. The molecule has 1 saturated carbocycles. The quantitative estimate of drug-likeness (QED) is 0.878. The Morgan fingerprint density at radius 1 is 1.47 bits per heavy atom. The third-order valence-electron chi connectivity index (χ3n) is 4.21. The summed E-state index contributed by atoms with van der Waals surface area (Å²) in [4.78, 5) is 12.0. The summed E-state index contributed by atoms with van der Waals surface area (Å²) in [5.41, 5.74) is 2.07. The molecule has 3 rings (SSSR count). The van der Waals surface area contributed by atoms with Crippen LogP contribution in [0.1, 0.15) is 30.9 Å². The molecule has 1 unspecified atom stereocenters. The molecular weight excluding hydrogens is 243 g/mol.